The average molecular weight is 504 g/mol. The summed E-state index contributed by atoms with van der Waals surface area (Å²) in [6.07, 6.45) is 5.02. The summed E-state index contributed by atoms with van der Waals surface area (Å²) in [4.78, 5) is 42.1. The van der Waals surface area contributed by atoms with Crippen molar-refractivity contribution in [3.8, 4) is 5.75 Å². The van der Waals surface area contributed by atoms with Gasteiger partial charge in [-0.2, -0.15) is 0 Å². The number of ether oxygens (including phenoxy) is 1. The fraction of sp³-hybridized carbons (Fsp3) is 0.679. The number of aromatic hydroxyl groups is 1. The first kappa shape index (κ1) is 29.5. The number of hydrogen-bond acceptors (Lipinski definition) is 5. The number of phenols is 1. The number of phenolic OH excluding ortho intramolecular Hbond substituents is 1. The second kappa shape index (κ2) is 13.0. The zero-order valence-corrected chi connectivity index (χ0v) is 23.0. The van der Waals surface area contributed by atoms with Gasteiger partial charge in [-0.05, 0) is 70.6 Å². The minimum Gasteiger partial charge on any atom is -0.508 e. The zero-order chi connectivity index (χ0) is 27.0. The average Bonchev–Trinajstić information content (AvgIpc) is 2.79. The predicted molar refractivity (Wildman–Crippen MR) is 140 cm³/mol. The number of alkyl carbamates (subject to hydrolysis) is 1. The molecule has 1 aliphatic carbocycles. The van der Waals surface area contributed by atoms with Crippen LogP contribution in [0.25, 0.3) is 0 Å². The van der Waals surface area contributed by atoms with E-state index in [4.69, 9.17) is 4.74 Å². The van der Waals surface area contributed by atoms with Crippen LogP contribution in [-0.4, -0.2) is 51.6 Å². The Morgan fingerprint density at radius 2 is 1.75 bits per heavy atom. The lowest BCUT2D eigenvalue weighted by Crippen LogP contribution is -2.57. The van der Waals surface area contributed by atoms with Gasteiger partial charge in [0.25, 0.3) is 0 Å². The van der Waals surface area contributed by atoms with Crippen molar-refractivity contribution in [2.45, 2.75) is 117 Å². The zero-order valence-electron chi connectivity index (χ0n) is 23.0. The van der Waals surface area contributed by atoms with E-state index in [-0.39, 0.29) is 35.6 Å². The molecule has 3 atom stereocenters. The maximum atomic E-state index is 14.1. The summed E-state index contributed by atoms with van der Waals surface area (Å²) in [6.45, 7) is 12.8. The Hall–Kier alpha value is -2.77. The van der Waals surface area contributed by atoms with Crippen molar-refractivity contribution in [2.75, 3.05) is 0 Å². The molecule has 2 rings (SSSR count). The third kappa shape index (κ3) is 8.42. The van der Waals surface area contributed by atoms with E-state index in [9.17, 15) is 19.5 Å². The quantitative estimate of drug-likeness (QED) is 0.437. The number of rotatable bonds is 9. The molecular formula is C28H45N3O5. The second-order valence-corrected chi connectivity index (χ2v) is 11.2. The summed E-state index contributed by atoms with van der Waals surface area (Å²) in [7, 11) is 0. The van der Waals surface area contributed by atoms with Crippen LogP contribution in [0.5, 0.6) is 5.75 Å². The van der Waals surface area contributed by atoms with Crippen LogP contribution in [0, 0.1) is 5.92 Å². The lowest BCUT2D eigenvalue weighted by molar-refractivity contribution is -0.146. The Morgan fingerprint density at radius 1 is 1.11 bits per heavy atom. The Morgan fingerprint density at radius 3 is 2.28 bits per heavy atom. The van der Waals surface area contributed by atoms with Gasteiger partial charge in [-0.15, -0.1) is 0 Å². The van der Waals surface area contributed by atoms with E-state index in [1.165, 1.54) is 12.1 Å². The number of nitrogens with one attached hydrogen (secondary N) is 2. The van der Waals surface area contributed by atoms with E-state index in [1.807, 2.05) is 27.7 Å². The SMILES string of the molecule is CCC(C)N(C(=O)C(NC(=O)OC(C)(C)C)C(C)C)C(C(=O)NC1CCCCC1)c1cccc(O)c1. The van der Waals surface area contributed by atoms with Crippen molar-refractivity contribution in [2.24, 2.45) is 5.92 Å². The first-order valence-corrected chi connectivity index (χ1v) is 13.2. The van der Waals surface area contributed by atoms with Crippen LogP contribution in [0.15, 0.2) is 24.3 Å². The molecule has 0 heterocycles. The van der Waals surface area contributed by atoms with E-state index >= 15 is 0 Å². The summed E-state index contributed by atoms with van der Waals surface area (Å²) in [5, 5.41) is 16.1. The Kier molecular flexibility index (Phi) is 10.6. The van der Waals surface area contributed by atoms with Crippen molar-refractivity contribution in [1.29, 1.82) is 0 Å². The number of amides is 3. The van der Waals surface area contributed by atoms with Crippen molar-refractivity contribution in [3.05, 3.63) is 29.8 Å². The molecule has 3 N–H and O–H groups in total. The second-order valence-electron chi connectivity index (χ2n) is 11.2. The highest BCUT2D eigenvalue weighted by Crippen LogP contribution is 2.30. The van der Waals surface area contributed by atoms with E-state index in [0.29, 0.717) is 12.0 Å². The molecule has 8 heteroatoms. The van der Waals surface area contributed by atoms with E-state index in [0.717, 1.165) is 32.1 Å². The normalized spacial score (nSPS) is 17.1. The molecule has 36 heavy (non-hydrogen) atoms. The van der Waals surface area contributed by atoms with Gasteiger partial charge in [0.1, 0.15) is 23.4 Å². The van der Waals surface area contributed by atoms with Gasteiger partial charge in [-0.1, -0.05) is 52.2 Å². The molecule has 8 nitrogen and oxygen atoms in total. The topological polar surface area (TPSA) is 108 Å². The molecule has 0 radical (unpaired) electrons. The molecule has 3 unspecified atom stereocenters. The van der Waals surface area contributed by atoms with Gasteiger partial charge >= 0.3 is 6.09 Å². The van der Waals surface area contributed by atoms with E-state index in [2.05, 4.69) is 10.6 Å². The van der Waals surface area contributed by atoms with Gasteiger partial charge in [-0.25, -0.2) is 4.79 Å². The van der Waals surface area contributed by atoms with Crippen LogP contribution in [-0.2, 0) is 14.3 Å². The fourth-order valence-corrected chi connectivity index (χ4v) is 4.56. The summed E-state index contributed by atoms with van der Waals surface area (Å²) >= 11 is 0. The molecule has 1 aromatic rings. The molecule has 0 bridgehead atoms. The molecule has 3 amide bonds. The van der Waals surface area contributed by atoms with Crippen LogP contribution in [0.2, 0.25) is 0 Å². The molecule has 202 valence electrons. The number of hydrogen-bond donors (Lipinski definition) is 3. The van der Waals surface area contributed by atoms with Crippen LogP contribution < -0.4 is 10.6 Å². The molecule has 1 fully saturated rings. The molecule has 0 aromatic heterocycles. The summed E-state index contributed by atoms with van der Waals surface area (Å²) < 4.78 is 5.41. The third-order valence-electron chi connectivity index (χ3n) is 6.59. The molecule has 0 spiro atoms. The van der Waals surface area contributed by atoms with Crippen molar-refractivity contribution >= 4 is 17.9 Å². The number of carbonyl (C=O) groups is 3. The molecule has 1 aliphatic rings. The van der Waals surface area contributed by atoms with Gasteiger partial charge in [0.2, 0.25) is 11.8 Å². The highest BCUT2D eigenvalue weighted by Gasteiger charge is 2.40. The van der Waals surface area contributed by atoms with Gasteiger partial charge in [0, 0.05) is 12.1 Å². The first-order valence-electron chi connectivity index (χ1n) is 13.2. The maximum absolute atomic E-state index is 14.1. The molecule has 0 aliphatic heterocycles. The lowest BCUT2D eigenvalue weighted by Gasteiger charge is -2.39. The minimum atomic E-state index is -0.955. The van der Waals surface area contributed by atoms with E-state index in [1.54, 1.807) is 37.8 Å². The predicted octanol–water partition coefficient (Wildman–Crippen LogP) is 5.06. The smallest absolute Gasteiger partial charge is 0.408 e. The Bertz CT molecular complexity index is 889. The maximum Gasteiger partial charge on any atom is 0.408 e. The number of carbonyl (C=O) groups excluding carboxylic acids is 3. The highest BCUT2D eigenvalue weighted by molar-refractivity contribution is 5.92. The summed E-state index contributed by atoms with van der Waals surface area (Å²) in [5.74, 6) is -0.868. The Balaban J connectivity index is 2.47. The largest absolute Gasteiger partial charge is 0.508 e. The molecular weight excluding hydrogens is 458 g/mol. The van der Waals surface area contributed by atoms with Crippen molar-refractivity contribution < 1.29 is 24.2 Å². The molecule has 1 aromatic carbocycles. The Labute approximate surface area is 216 Å². The number of benzene rings is 1. The van der Waals surface area contributed by atoms with Crippen LogP contribution in [0.3, 0.4) is 0 Å². The highest BCUT2D eigenvalue weighted by atomic mass is 16.6. The van der Waals surface area contributed by atoms with Crippen molar-refractivity contribution in [1.82, 2.24) is 15.5 Å². The van der Waals surface area contributed by atoms with Crippen LogP contribution in [0.1, 0.15) is 98.6 Å². The summed E-state index contributed by atoms with van der Waals surface area (Å²) in [6, 6.07) is 4.39. The van der Waals surface area contributed by atoms with Crippen LogP contribution in [0.4, 0.5) is 4.79 Å². The monoisotopic (exact) mass is 503 g/mol. The third-order valence-corrected chi connectivity index (χ3v) is 6.59. The van der Waals surface area contributed by atoms with Crippen LogP contribution >= 0.6 is 0 Å². The molecule has 1 saturated carbocycles. The van der Waals surface area contributed by atoms with Gasteiger partial charge in [0.15, 0.2) is 0 Å². The first-order chi connectivity index (χ1) is 16.8. The van der Waals surface area contributed by atoms with Gasteiger partial charge in [0.05, 0.1) is 0 Å². The fourth-order valence-electron chi connectivity index (χ4n) is 4.56. The van der Waals surface area contributed by atoms with Gasteiger partial charge < -0.3 is 25.4 Å². The van der Waals surface area contributed by atoms with Gasteiger partial charge in [-0.3, -0.25) is 9.59 Å². The minimum absolute atomic E-state index is 0.0202. The molecule has 0 saturated heterocycles. The van der Waals surface area contributed by atoms with E-state index < -0.39 is 23.8 Å². The van der Waals surface area contributed by atoms with Crippen molar-refractivity contribution in [3.63, 3.8) is 0 Å². The summed E-state index contributed by atoms with van der Waals surface area (Å²) in [5.41, 5.74) is -0.188. The number of nitrogens with zero attached hydrogens (tertiary/aromatic N) is 1. The standard InChI is InChI=1S/C28H45N3O5/c1-8-19(4)31(26(34)23(18(2)3)30-27(35)36-28(5,6)7)24(20-13-12-16-22(32)17-20)25(33)29-21-14-10-9-11-15-21/h12-13,16-19,21,23-24,32H,8-11,14-15H2,1-7H3,(H,29,33)(H,30,35). The lowest BCUT2D eigenvalue weighted by atomic mass is 9.93.